The zero-order chi connectivity index (χ0) is 20.9. The third kappa shape index (κ3) is 2.06. The summed E-state index contributed by atoms with van der Waals surface area (Å²) in [5.41, 5.74) is -3.27. The van der Waals surface area contributed by atoms with Crippen LogP contribution in [0.1, 0.15) is 37.4 Å². The Morgan fingerprint density at radius 3 is 2.48 bits per heavy atom. The maximum atomic E-state index is 10.3. The van der Waals surface area contributed by atoms with Crippen LogP contribution in [-0.2, 0) is 9.47 Å². The Balaban J connectivity index is 2.04. The lowest BCUT2D eigenvalue weighted by Gasteiger charge is -2.63. The van der Waals surface area contributed by atoms with Gasteiger partial charge in [0.2, 0.25) is 11.7 Å². The Bertz CT molecular complexity index is 989. The van der Waals surface area contributed by atoms with Crippen LogP contribution in [0.5, 0.6) is 11.5 Å². The van der Waals surface area contributed by atoms with Gasteiger partial charge in [0.15, 0.2) is 22.3 Å². The molecule has 3 aliphatic heterocycles. The van der Waals surface area contributed by atoms with Gasteiger partial charge in [0.1, 0.15) is 6.10 Å². The van der Waals surface area contributed by atoms with Crippen LogP contribution in [0.15, 0.2) is 18.2 Å². The lowest BCUT2D eigenvalue weighted by atomic mass is 9.48. The highest BCUT2D eigenvalue weighted by atomic mass is 16.7. The van der Waals surface area contributed by atoms with E-state index in [1.54, 1.807) is 18.2 Å². The Hall–Kier alpha value is -3.28. The number of nitrogens with one attached hydrogen (secondary N) is 1. The molecule has 1 N–H and O–H groups in total. The normalized spacial score (nSPS) is 34.0. The largest absolute Gasteiger partial charge is 0.493 e. The van der Waals surface area contributed by atoms with E-state index in [1.165, 1.54) is 14.2 Å². The van der Waals surface area contributed by atoms with Crippen molar-refractivity contribution < 1.29 is 18.9 Å². The van der Waals surface area contributed by atoms with Crippen LogP contribution in [0.25, 0.3) is 0 Å². The number of rotatable bonds is 3. The number of hydrogen-bond donors (Lipinski definition) is 1. The lowest BCUT2D eigenvalue weighted by molar-refractivity contribution is -0.360. The zero-order valence-corrected chi connectivity index (χ0v) is 16.2. The van der Waals surface area contributed by atoms with Crippen molar-refractivity contribution >= 4 is 5.90 Å². The van der Waals surface area contributed by atoms with E-state index in [0.717, 1.165) is 12.8 Å². The van der Waals surface area contributed by atoms with Crippen LogP contribution in [0.4, 0.5) is 0 Å². The van der Waals surface area contributed by atoms with Gasteiger partial charge in [0.05, 0.1) is 38.3 Å². The molecule has 1 aromatic rings. The standard InChI is InChI=1S/C21H20N4O4/c1-26-14-7-5-6-13(16(14)27-2)17-20(12-24)18(25)29-21(28-17)9-4-3-8-15(21)19(20,10-22)11-23/h5-7,15,17,25H,3-4,8-9H2,1-2H3/t15-,17-,20+,21+/m0/s1. The molecule has 3 heterocycles. The molecular weight excluding hydrogens is 372 g/mol. The van der Waals surface area contributed by atoms with E-state index in [1.807, 2.05) is 0 Å². The predicted octanol–water partition coefficient (Wildman–Crippen LogP) is 3.21. The molecule has 2 bridgehead atoms. The van der Waals surface area contributed by atoms with E-state index < -0.39 is 34.5 Å². The minimum absolute atomic E-state index is 0.337. The van der Waals surface area contributed by atoms with E-state index in [9.17, 15) is 15.8 Å². The molecule has 148 valence electrons. The maximum Gasteiger partial charge on any atom is 0.218 e. The highest BCUT2D eigenvalue weighted by molar-refractivity contribution is 5.89. The average molecular weight is 392 g/mol. The van der Waals surface area contributed by atoms with E-state index in [4.69, 9.17) is 24.4 Å². The van der Waals surface area contributed by atoms with Gasteiger partial charge >= 0.3 is 0 Å². The number of nitriles is 3. The van der Waals surface area contributed by atoms with Crippen molar-refractivity contribution in [3.63, 3.8) is 0 Å². The highest BCUT2D eigenvalue weighted by Gasteiger charge is 2.80. The van der Waals surface area contributed by atoms with Gasteiger partial charge in [-0.3, -0.25) is 5.41 Å². The average Bonchev–Trinajstić information content (AvgIpc) is 2.76. The molecule has 0 unspecified atom stereocenters. The number of para-hydroxylation sites is 1. The molecule has 1 aromatic carbocycles. The molecule has 8 nitrogen and oxygen atoms in total. The summed E-state index contributed by atoms with van der Waals surface area (Å²) in [5, 5.41) is 39.4. The molecule has 0 amide bonds. The number of ether oxygens (including phenoxy) is 4. The van der Waals surface area contributed by atoms with Crippen LogP contribution in [0.2, 0.25) is 0 Å². The second kappa shape index (κ2) is 6.37. The van der Waals surface area contributed by atoms with Crippen LogP contribution in [0.3, 0.4) is 0 Å². The van der Waals surface area contributed by atoms with Gasteiger partial charge in [-0.05, 0) is 18.9 Å². The smallest absolute Gasteiger partial charge is 0.218 e. The van der Waals surface area contributed by atoms with E-state index >= 15 is 0 Å². The molecule has 29 heavy (non-hydrogen) atoms. The lowest BCUT2D eigenvalue weighted by Crippen LogP contribution is -2.73. The number of nitrogens with zero attached hydrogens (tertiary/aromatic N) is 3. The molecule has 0 radical (unpaired) electrons. The molecule has 4 fully saturated rings. The summed E-state index contributed by atoms with van der Waals surface area (Å²) in [7, 11) is 2.96. The fourth-order valence-electron chi connectivity index (χ4n) is 5.24. The Labute approximate surface area is 168 Å². The second-order valence-electron chi connectivity index (χ2n) is 7.57. The van der Waals surface area contributed by atoms with Crippen molar-refractivity contribution in [3.8, 4) is 29.7 Å². The summed E-state index contributed by atoms with van der Waals surface area (Å²) in [5.74, 6) is -1.56. The first-order chi connectivity index (χ1) is 14.0. The first-order valence-electron chi connectivity index (χ1n) is 9.40. The number of hydrogen-bond acceptors (Lipinski definition) is 8. The van der Waals surface area contributed by atoms with Crippen LogP contribution in [-0.4, -0.2) is 25.9 Å². The Morgan fingerprint density at radius 1 is 1.10 bits per heavy atom. The summed E-state index contributed by atoms with van der Waals surface area (Å²) in [4.78, 5) is 0. The van der Waals surface area contributed by atoms with Gasteiger partial charge in [-0.15, -0.1) is 0 Å². The van der Waals surface area contributed by atoms with Gasteiger partial charge in [0.25, 0.3) is 0 Å². The third-order valence-electron chi connectivity index (χ3n) is 6.53. The molecule has 1 saturated carbocycles. The molecular formula is C21H20N4O4. The van der Waals surface area contributed by atoms with Crippen molar-refractivity contribution in [2.75, 3.05) is 14.2 Å². The molecule has 0 aromatic heterocycles. The zero-order valence-electron chi connectivity index (χ0n) is 16.2. The van der Waals surface area contributed by atoms with E-state index in [-0.39, 0.29) is 0 Å². The topological polar surface area (TPSA) is 132 Å². The second-order valence-corrected chi connectivity index (χ2v) is 7.57. The van der Waals surface area contributed by atoms with Gasteiger partial charge in [-0.25, -0.2) is 0 Å². The summed E-state index contributed by atoms with van der Waals surface area (Å²) in [6.07, 6.45) is 1.44. The van der Waals surface area contributed by atoms with Gasteiger partial charge < -0.3 is 18.9 Å². The maximum absolute atomic E-state index is 10.3. The summed E-state index contributed by atoms with van der Waals surface area (Å²) < 4.78 is 23.2. The third-order valence-corrected chi connectivity index (χ3v) is 6.53. The predicted molar refractivity (Wildman–Crippen MR) is 98.6 cm³/mol. The van der Waals surface area contributed by atoms with E-state index in [2.05, 4.69) is 18.2 Å². The van der Waals surface area contributed by atoms with Crippen molar-refractivity contribution in [2.24, 2.45) is 16.7 Å². The van der Waals surface area contributed by atoms with Crippen LogP contribution >= 0.6 is 0 Å². The first kappa shape index (κ1) is 19.1. The highest BCUT2D eigenvalue weighted by Crippen LogP contribution is 2.70. The molecule has 4 aliphatic rings. The van der Waals surface area contributed by atoms with Gasteiger partial charge in [-0.1, -0.05) is 18.6 Å². The fraction of sp³-hybridized carbons (Fsp3) is 0.524. The number of methoxy groups -OCH3 is 2. The Morgan fingerprint density at radius 2 is 1.86 bits per heavy atom. The van der Waals surface area contributed by atoms with Crippen LogP contribution < -0.4 is 9.47 Å². The molecule has 4 atom stereocenters. The van der Waals surface area contributed by atoms with E-state index in [0.29, 0.717) is 29.9 Å². The minimum atomic E-state index is -1.93. The monoisotopic (exact) mass is 392 g/mol. The molecule has 1 spiro atoms. The number of fused-ring (bicyclic) bond motifs is 2. The van der Waals surface area contributed by atoms with Crippen molar-refractivity contribution in [3.05, 3.63) is 23.8 Å². The molecule has 1 aliphatic carbocycles. The SMILES string of the molecule is COc1cccc([C@@H]2O[C@@]34CCCC[C@H]3C(C#N)(C#N)[C@@]2(C#N)C(=N)O4)c1OC. The summed E-state index contributed by atoms with van der Waals surface area (Å²) in [6.45, 7) is 0. The fourth-order valence-corrected chi connectivity index (χ4v) is 5.24. The van der Waals surface area contributed by atoms with Crippen molar-refractivity contribution in [1.82, 2.24) is 0 Å². The minimum Gasteiger partial charge on any atom is -0.493 e. The summed E-state index contributed by atoms with van der Waals surface area (Å²) >= 11 is 0. The van der Waals surface area contributed by atoms with Crippen molar-refractivity contribution in [1.29, 1.82) is 21.2 Å². The van der Waals surface area contributed by atoms with Gasteiger partial charge in [0, 0.05) is 12.0 Å². The molecule has 5 rings (SSSR count). The molecule has 8 heteroatoms. The van der Waals surface area contributed by atoms with Gasteiger partial charge in [-0.2, -0.15) is 15.8 Å². The Kier molecular flexibility index (Phi) is 4.19. The quantitative estimate of drug-likeness (QED) is 0.835. The van der Waals surface area contributed by atoms with Crippen molar-refractivity contribution in [2.45, 2.75) is 37.6 Å². The molecule has 3 saturated heterocycles. The number of benzene rings is 1. The van der Waals surface area contributed by atoms with Crippen LogP contribution in [0, 0.1) is 56.2 Å². The first-order valence-corrected chi connectivity index (χ1v) is 9.40. The summed E-state index contributed by atoms with van der Waals surface area (Å²) in [6, 6.07) is 11.5.